The van der Waals surface area contributed by atoms with Gasteiger partial charge in [-0.15, -0.1) is 0 Å². The second-order valence-corrected chi connectivity index (χ2v) is 9.45. The Hall–Kier alpha value is -3.43. The van der Waals surface area contributed by atoms with Crippen molar-refractivity contribution < 1.29 is 19.0 Å². The molecular formula is C25H20FN3O3S2. The van der Waals surface area contributed by atoms with Gasteiger partial charge in [0, 0.05) is 17.5 Å². The normalized spacial score (nSPS) is 18.7. The zero-order chi connectivity index (χ0) is 23.8. The summed E-state index contributed by atoms with van der Waals surface area (Å²) in [5, 5.41) is 11.0. The van der Waals surface area contributed by atoms with Gasteiger partial charge in [0.15, 0.2) is 5.17 Å². The number of aliphatic imine (C=N–C) groups is 1. The number of phenolic OH excluding ortho intramolecular Hbond substituents is 1. The van der Waals surface area contributed by atoms with Crippen molar-refractivity contribution in [2.45, 2.75) is 11.8 Å². The highest BCUT2D eigenvalue weighted by molar-refractivity contribution is 8.20. The molecule has 0 radical (unpaired) electrons. The average Bonchev–Trinajstić information content (AvgIpc) is 3.37. The Morgan fingerprint density at radius 3 is 2.44 bits per heavy atom. The largest absolute Gasteiger partial charge is 0.508 e. The highest BCUT2D eigenvalue weighted by atomic mass is 32.2. The highest BCUT2D eigenvalue weighted by Gasteiger charge is 2.40. The third-order valence-corrected chi connectivity index (χ3v) is 7.70. The summed E-state index contributed by atoms with van der Waals surface area (Å²) in [4.78, 5) is 23.6. The number of aromatic hydroxyl groups is 1. The number of hydrogen-bond acceptors (Lipinski definition) is 7. The second kappa shape index (κ2) is 9.08. The average molecular weight is 494 g/mol. The second-order valence-electron chi connectivity index (χ2n) is 7.44. The molecule has 3 aromatic rings. The number of carbonyl (C=O) groups is 1. The molecule has 0 bridgehead atoms. The molecule has 5 rings (SSSR count). The van der Waals surface area contributed by atoms with Crippen LogP contribution in [0.2, 0.25) is 0 Å². The maximum Gasteiger partial charge on any atom is 0.274 e. The molecule has 2 aliphatic heterocycles. The fraction of sp³-hybridized carbons (Fsp3) is 0.120. The van der Waals surface area contributed by atoms with Crippen LogP contribution in [0.15, 0.2) is 86.6 Å². The summed E-state index contributed by atoms with van der Waals surface area (Å²) in [6, 6.07) is 18.1. The Kier molecular flexibility index (Phi) is 5.97. The van der Waals surface area contributed by atoms with Gasteiger partial charge in [-0.1, -0.05) is 11.8 Å². The van der Waals surface area contributed by atoms with Crippen LogP contribution in [0.1, 0.15) is 6.92 Å². The minimum Gasteiger partial charge on any atom is -0.508 e. The number of ether oxygens (including phenoxy) is 1. The smallest absolute Gasteiger partial charge is 0.274 e. The van der Waals surface area contributed by atoms with Gasteiger partial charge in [0.25, 0.3) is 5.91 Å². The first-order valence-corrected chi connectivity index (χ1v) is 12.1. The van der Waals surface area contributed by atoms with E-state index in [2.05, 4.69) is 9.89 Å². The number of amides is 1. The zero-order valence-electron chi connectivity index (χ0n) is 18.4. The zero-order valence-corrected chi connectivity index (χ0v) is 20.0. The summed E-state index contributed by atoms with van der Waals surface area (Å²) in [7, 11) is 1.63. The Balaban J connectivity index is 1.61. The Bertz CT molecular complexity index is 1320. The predicted molar refractivity (Wildman–Crippen MR) is 136 cm³/mol. The lowest BCUT2D eigenvalue weighted by Crippen LogP contribution is -2.29. The lowest BCUT2D eigenvalue weighted by molar-refractivity contribution is -0.113. The first-order valence-electron chi connectivity index (χ1n) is 10.5. The third kappa shape index (κ3) is 4.01. The van der Waals surface area contributed by atoms with Crippen LogP contribution >= 0.6 is 23.5 Å². The molecule has 0 spiro atoms. The molecule has 0 aromatic heterocycles. The van der Waals surface area contributed by atoms with Gasteiger partial charge in [-0.3, -0.25) is 9.69 Å². The van der Waals surface area contributed by atoms with E-state index in [4.69, 9.17) is 4.74 Å². The maximum absolute atomic E-state index is 13.7. The van der Waals surface area contributed by atoms with Crippen molar-refractivity contribution in [2.75, 3.05) is 23.5 Å². The van der Waals surface area contributed by atoms with E-state index in [1.807, 2.05) is 25.1 Å². The number of anilines is 2. The van der Waals surface area contributed by atoms with Gasteiger partial charge < -0.3 is 14.7 Å². The van der Waals surface area contributed by atoms with E-state index in [1.165, 1.54) is 52.7 Å². The molecule has 3 aromatic carbocycles. The number of halogens is 1. The standard InChI is InChI=1S/C25H20FN3O3S2/c1-3-28-20-14-19(32-2)12-13-21(20)33-24(28)22-23(31)29(17-8-10-18(30)11-9-17)25(34-22)27-16-6-4-15(26)5-7-16/h4-14,30H,3H2,1-2H3/b24-22-,27-25?. The molecular weight excluding hydrogens is 473 g/mol. The fourth-order valence-corrected chi connectivity index (χ4v) is 6.08. The molecule has 0 unspecified atom stereocenters. The highest BCUT2D eigenvalue weighted by Crippen LogP contribution is 2.52. The van der Waals surface area contributed by atoms with E-state index >= 15 is 0 Å². The summed E-state index contributed by atoms with van der Waals surface area (Å²) in [5.74, 6) is 0.286. The lowest BCUT2D eigenvalue weighted by atomic mass is 10.2. The van der Waals surface area contributed by atoms with Gasteiger partial charge in [0.1, 0.15) is 27.3 Å². The molecule has 6 nitrogen and oxygen atoms in total. The van der Waals surface area contributed by atoms with E-state index in [1.54, 1.807) is 31.4 Å². The van der Waals surface area contributed by atoms with Gasteiger partial charge in [0.05, 0.1) is 24.2 Å². The molecule has 0 aliphatic carbocycles. The SMILES string of the molecule is CCN1/C(=C2/SC(=Nc3ccc(F)cc3)N(c3ccc(O)cc3)C2=O)Sc2ccc(OC)cc21. The summed E-state index contributed by atoms with van der Waals surface area (Å²) in [6.07, 6.45) is 0. The van der Waals surface area contributed by atoms with Crippen molar-refractivity contribution in [3.8, 4) is 11.5 Å². The van der Waals surface area contributed by atoms with Crippen LogP contribution in [0.5, 0.6) is 11.5 Å². The quantitative estimate of drug-likeness (QED) is 0.443. The minimum atomic E-state index is -0.355. The maximum atomic E-state index is 13.7. The number of benzene rings is 3. The molecule has 2 heterocycles. The molecule has 9 heteroatoms. The van der Waals surface area contributed by atoms with Crippen LogP contribution in [0, 0.1) is 5.82 Å². The van der Waals surface area contributed by atoms with Crippen molar-refractivity contribution in [1.82, 2.24) is 0 Å². The number of carbonyl (C=O) groups excluding carboxylic acids is 1. The van der Waals surface area contributed by atoms with Crippen molar-refractivity contribution in [2.24, 2.45) is 4.99 Å². The van der Waals surface area contributed by atoms with E-state index in [9.17, 15) is 14.3 Å². The van der Waals surface area contributed by atoms with E-state index in [0.717, 1.165) is 21.4 Å². The number of thioether (sulfide) groups is 2. The predicted octanol–water partition coefficient (Wildman–Crippen LogP) is 6.11. The van der Waals surface area contributed by atoms with Gasteiger partial charge >= 0.3 is 0 Å². The number of amidine groups is 1. The Morgan fingerprint density at radius 1 is 1.03 bits per heavy atom. The number of nitrogens with zero attached hydrogens (tertiary/aromatic N) is 3. The van der Waals surface area contributed by atoms with E-state index < -0.39 is 0 Å². The van der Waals surface area contributed by atoms with Crippen LogP contribution < -0.4 is 14.5 Å². The third-order valence-electron chi connectivity index (χ3n) is 5.36. The molecule has 2 aliphatic rings. The molecule has 0 atom stereocenters. The molecule has 1 amide bonds. The van der Waals surface area contributed by atoms with E-state index in [-0.39, 0.29) is 17.5 Å². The molecule has 1 fully saturated rings. The summed E-state index contributed by atoms with van der Waals surface area (Å²) < 4.78 is 18.8. The van der Waals surface area contributed by atoms with Gasteiger partial charge in [-0.25, -0.2) is 9.38 Å². The van der Waals surface area contributed by atoms with Crippen LogP contribution in [-0.4, -0.2) is 29.8 Å². The minimum absolute atomic E-state index is 0.103. The van der Waals surface area contributed by atoms with Crippen LogP contribution in [0.4, 0.5) is 21.5 Å². The van der Waals surface area contributed by atoms with Crippen molar-refractivity contribution in [3.05, 3.63) is 82.5 Å². The van der Waals surface area contributed by atoms with Crippen molar-refractivity contribution in [3.63, 3.8) is 0 Å². The molecule has 1 N–H and O–H groups in total. The number of fused-ring (bicyclic) bond motifs is 1. The van der Waals surface area contributed by atoms with Crippen molar-refractivity contribution >= 4 is 51.7 Å². The topological polar surface area (TPSA) is 65.4 Å². The number of rotatable bonds is 4. The lowest BCUT2D eigenvalue weighted by Gasteiger charge is -2.19. The van der Waals surface area contributed by atoms with Crippen LogP contribution in [0.25, 0.3) is 0 Å². The molecule has 34 heavy (non-hydrogen) atoms. The molecule has 1 saturated heterocycles. The Morgan fingerprint density at radius 2 is 1.76 bits per heavy atom. The van der Waals surface area contributed by atoms with Crippen LogP contribution in [0.3, 0.4) is 0 Å². The van der Waals surface area contributed by atoms with Gasteiger partial charge in [-0.2, -0.15) is 0 Å². The first-order chi connectivity index (χ1) is 16.5. The van der Waals surface area contributed by atoms with Crippen LogP contribution in [-0.2, 0) is 4.79 Å². The summed E-state index contributed by atoms with van der Waals surface area (Å²) >= 11 is 2.81. The summed E-state index contributed by atoms with van der Waals surface area (Å²) in [6.45, 7) is 2.70. The van der Waals surface area contributed by atoms with Gasteiger partial charge in [-0.05, 0) is 79.3 Å². The monoisotopic (exact) mass is 493 g/mol. The fourth-order valence-electron chi connectivity index (χ4n) is 3.71. The van der Waals surface area contributed by atoms with Gasteiger partial charge in [0.2, 0.25) is 0 Å². The number of phenols is 1. The molecule has 0 saturated carbocycles. The number of hydrogen-bond donors (Lipinski definition) is 1. The van der Waals surface area contributed by atoms with E-state index in [0.29, 0.717) is 28.0 Å². The molecule has 172 valence electrons. The number of methoxy groups -OCH3 is 1. The van der Waals surface area contributed by atoms with Crippen molar-refractivity contribution in [1.29, 1.82) is 0 Å². The first kappa shape index (κ1) is 22.4. The Labute approximate surface area is 204 Å². The summed E-state index contributed by atoms with van der Waals surface area (Å²) in [5.41, 5.74) is 2.10.